The quantitative estimate of drug-likeness (QED) is 0.700. The van der Waals surface area contributed by atoms with Crippen molar-refractivity contribution in [2.45, 2.75) is 19.9 Å². The molecule has 3 rings (SSSR count). The minimum Gasteiger partial charge on any atom is -0.383 e. The molecule has 2 aromatic heterocycles. The van der Waals surface area contributed by atoms with Gasteiger partial charge in [-0.1, -0.05) is 18.5 Å². The third-order valence-electron chi connectivity index (χ3n) is 3.67. The third kappa shape index (κ3) is 3.17. The lowest BCUT2D eigenvalue weighted by atomic mass is 10.2. The summed E-state index contributed by atoms with van der Waals surface area (Å²) in [5.41, 5.74) is 0.851. The van der Waals surface area contributed by atoms with Crippen LogP contribution in [-0.4, -0.2) is 23.3 Å². The SMILES string of the molecule is CCc1cc2c(=O)n(CCOC)c(-c3ccc(Cl)cc3)nc2s1. The first-order valence-corrected chi connectivity index (χ1v) is 8.61. The Morgan fingerprint density at radius 2 is 2.04 bits per heavy atom. The average molecular weight is 349 g/mol. The van der Waals surface area contributed by atoms with Crippen LogP contribution in [0.3, 0.4) is 0 Å². The topological polar surface area (TPSA) is 44.1 Å². The van der Waals surface area contributed by atoms with Crippen LogP contribution in [-0.2, 0) is 17.7 Å². The number of thiophene rings is 1. The van der Waals surface area contributed by atoms with Crippen LogP contribution in [0.2, 0.25) is 5.02 Å². The van der Waals surface area contributed by atoms with Gasteiger partial charge in [-0.05, 0) is 36.8 Å². The van der Waals surface area contributed by atoms with Gasteiger partial charge in [0.1, 0.15) is 10.7 Å². The van der Waals surface area contributed by atoms with Crippen molar-refractivity contribution in [1.29, 1.82) is 0 Å². The van der Waals surface area contributed by atoms with Gasteiger partial charge in [-0.15, -0.1) is 11.3 Å². The maximum atomic E-state index is 12.9. The number of aryl methyl sites for hydroxylation is 1. The Morgan fingerprint density at radius 3 is 2.70 bits per heavy atom. The highest BCUT2D eigenvalue weighted by molar-refractivity contribution is 7.18. The Morgan fingerprint density at radius 1 is 1.30 bits per heavy atom. The second kappa shape index (κ2) is 6.83. The number of benzene rings is 1. The molecule has 0 aliphatic rings. The monoisotopic (exact) mass is 348 g/mol. The average Bonchev–Trinajstić information content (AvgIpc) is 2.98. The van der Waals surface area contributed by atoms with Crippen LogP contribution >= 0.6 is 22.9 Å². The summed E-state index contributed by atoms with van der Waals surface area (Å²) < 4.78 is 6.82. The van der Waals surface area contributed by atoms with Gasteiger partial charge in [-0.25, -0.2) is 4.98 Å². The minimum atomic E-state index is -0.0204. The van der Waals surface area contributed by atoms with Gasteiger partial charge < -0.3 is 4.74 Å². The molecule has 0 aliphatic carbocycles. The molecule has 0 radical (unpaired) electrons. The van der Waals surface area contributed by atoms with Gasteiger partial charge in [0.15, 0.2) is 0 Å². The highest BCUT2D eigenvalue weighted by Gasteiger charge is 2.15. The molecule has 0 atom stereocenters. The summed E-state index contributed by atoms with van der Waals surface area (Å²) in [6, 6.07) is 9.32. The van der Waals surface area contributed by atoms with Crippen LogP contribution in [0, 0.1) is 0 Å². The number of fused-ring (bicyclic) bond motifs is 1. The van der Waals surface area contributed by atoms with E-state index in [2.05, 4.69) is 6.92 Å². The number of aromatic nitrogens is 2. The zero-order valence-corrected chi connectivity index (χ0v) is 14.6. The molecule has 0 saturated carbocycles. The van der Waals surface area contributed by atoms with Gasteiger partial charge >= 0.3 is 0 Å². The highest BCUT2D eigenvalue weighted by atomic mass is 35.5. The van der Waals surface area contributed by atoms with E-state index in [0.29, 0.717) is 29.4 Å². The third-order valence-corrected chi connectivity index (χ3v) is 5.10. The van der Waals surface area contributed by atoms with E-state index in [4.69, 9.17) is 21.3 Å². The fourth-order valence-electron chi connectivity index (χ4n) is 2.45. The van der Waals surface area contributed by atoms with Gasteiger partial charge in [0.05, 0.1) is 18.5 Å². The molecule has 0 saturated heterocycles. The van der Waals surface area contributed by atoms with E-state index in [9.17, 15) is 4.79 Å². The van der Waals surface area contributed by atoms with Crippen LogP contribution in [0.5, 0.6) is 0 Å². The van der Waals surface area contributed by atoms with Crippen molar-refractivity contribution in [2.75, 3.05) is 13.7 Å². The van der Waals surface area contributed by atoms with Crippen LogP contribution in [0.25, 0.3) is 21.6 Å². The summed E-state index contributed by atoms with van der Waals surface area (Å²) in [5.74, 6) is 0.653. The molecular formula is C17H17ClN2O2S. The molecule has 0 fully saturated rings. The van der Waals surface area contributed by atoms with E-state index < -0.39 is 0 Å². The fourth-order valence-corrected chi connectivity index (χ4v) is 3.53. The number of nitrogens with zero attached hydrogens (tertiary/aromatic N) is 2. The summed E-state index contributed by atoms with van der Waals surface area (Å²) in [7, 11) is 1.62. The molecule has 4 nitrogen and oxygen atoms in total. The van der Waals surface area contributed by atoms with Crippen LogP contribution in [0.1, 0.15) is 11.8 Å². The smallest absolute Gasteiger partial charge is 0.262 e. The molecule has 23 heavy (non-hydrogen) atoms. The van der Waals surface area contributed by atoms with E-state index in [0.717, 1.165) is 21.7 Å². The number of rotatable bonds is 5. The Hall–Kier alpha value is -1.69. The van der Waals surface area contributed by atoms with E-state index in [1.165, 1.54) is 0 Å². The van der Waals surface area contributed by atoms with Crippen LogP contribution in [0.4, 0.5) is 0 Å². The molecular weight excluding hydrogens is 332 g/mol. The second-order valence-electron chi connectivity index (χ2n) is 5.18. The molecule has 120 valence electrons. The normalized spacial score (nSPS) is 11.3. The van der Waals surface area contributed by atoms with Crippen molar-refractivity contribution in [1.82, 2.24) is 9.55 Å². The molecule has 0 amide bonds. The van der Waals surface area contributed by atoms with E-state index in [-0.39, 0.29) is 5.56 Å². The maximum absolute atomic E-state index is 12.9. The van der Waals surface area contributed by atoms with Gasteiger partial charge in [-0.3, -0.25) is 9.36 Å². The zero-order valence-electron chi connectivity index (χ0n) is 13.0. The van der Waals surface area contributed by atoms with Crippen molar-refractivity contribution < 1.29 is 4.74 Å². The van der Waals surface area contributed by atoms with Crippen molar-refractivity contribution in [3.05, 3.63) is 50.6 Å². The first-order valence-electron chi connectivity index (χ1n) is 7.42. The molecule has 0 unspecified atom stereocenters. The van der Waals surface area contributed by atoms with E-state index in [1.807, 2.05) is 18.2 Å². The second-order valence-corrected chi connectivity index (χ2v) is 6.73. The number of halogens is 1. The standard InChI is InChI=1S/C17H17ClN2O2S/c1-3-13-10-14-16(23-13)19-15(11-4-6-12(18)7-5-11)20(17(14)21)8-9-22-2/h4-7,10H,3,8-9H2,1-2H3. The first kappa shape index (κ1) is 16.2. The summed E-state index contributed by atoms with van der Waals surface area (Å²) in [5, 5.41) is 1.34. The lowest BCUT2D eigenvalue weighted by Crippen LogP contribution is -2.24. The summed E-state index contributed by atoms with van der Waals surface area (Å²) >= 11 is 7.54. The molecule has 1 aromatic carbocycles. The summed E-state index contributed by atoms with van der Waals surface area (Å²) in [4.78, 5) is 19.6. The number of hydrogen-bond donors (Lipinski definition) is 0. The predicted octanol–water partition coefficient (Wildman–Crippen LogP) is 3.99. The summed E-state index contributed by atoms with van der Waals surface area (Å²) in [6.45, 7) is 3.00. The van der Waals surface area contributed by atoms with E-state index >= 15 is 0 Å². The van der Waals surface area contributed by atoms with Crippen molar-refractivity contribution >= 4 is 33.2 Å². The Kier molecular flexibility index (Phi) is 4.80. The molecule has 0 aliphatic heterocycles. The Balaban J connectivity index is 2.24. The van der Waals surface area contributed by atoms with Crippen LogP contribution < -0.4 is 5.56 Å². The Bertz CT molecular complexity index is 884. The number of hydrogen-bond acceptors (Lipinski definition) is 4. The molecule has 0 bridgehead atoms. The minimum absolute atomic E-state index is 0.0204. The lowest BCUT2D eigenvalue weighted by molar-refractivity contribution is 0.186. The molecule has 2 heterocycles. The number of ether oxygens (including phenoxy) is 1. The van der Waals surface area contributed by atoms with Crippen LogP contribution in [0.15, 0.2) is 35.1 Å². The molecule has 6 heteroatoms. The summed E-state index contributed by atoms with van der Waals surface area (Å²) in [6.07, 6.45) is 0.898. The molecule has 3 aromatic rings. The zero-order chi connectivity index (χ0) is 16.4. The van der Waals surface area contributed by atoms with Gasteiger partial charge in [0.2, 0.25) is 0 Å². The molecule has 0 spiro atoms. The van der Waals surface area contributed by atoms with E-state index in [1.54, 1.807) is 35.1 Å². The van der Waals surface area contributed by atoms with Crippen molar-refractivity contribution in [3.8, 4) is 11.4 Å². The van der Waals surface area contributed by atoms with Crippen molar-refractivity contribution in [3.63, 3.8) is 0 Å². The van der Waals surface area contributed by atoms with Gasteiger partial charge in [0.25, 0.3) is 5.56 Å². The highest BCUT2D eigenvalue weighted by Crippen LogP contribution is 2.26. The Labute approximate surface area is 143 Å². The molecule has 0 N–H and O–H groups in total. The van der Waals surface area contributed by atoms with Crippen molar-refractivity contribution in [2.24, 2.45) is 0 Å². The predicted molar refractivity (Wildman–Crippen MR) is 95.6 cm³/mol. The largest absolute Gasteiger partial charge is 0.383 e. The maximum Gasteiger partial charge on any atom is 0.262 e. The van der Waals surface area contributed by atoms with Gasteiger partial charge in [-0.2, -0.15) is 0 Å². The van der Waals surface area contributed by atoms with Gasteiger partial charge in [0, 0.05) is 22.6 Å². The fraction of sp³-hybridized carbons (Fsp3) is 0.294. The number of methoxy groups -OCH3 is 1. The first-order chi connectivity index (χ1) is 11.1. The lowest BCUT2D eigenvalue weighted by Gasteiger charge is -2.12.